The van der Waals surface area contributed by atoms with E-state index in [0.717, 1.165) is 3.63 Å². The fraction of sp³-hybridized carbons (Fsp3) is 0.400. The fourth-order valence-corrected chi connectivity index (χ4v) is 8.54. The first-order valence-corrected chi connectivity index (χ1v) is 10.4. The summed E-state index contributed by atoms with van der Waals surface area (Å²) in [5.41, 5.74) is 9.64. The molecule has 1 aromatic rings. The van der Waals surface area contributed by atoms with E-state index in [1.807, 2.05) is 0 Å². The Kier molecular flexibility index (Phi) is 3.77. The van der Waals surface area contributed by atoms with Gasteiger partial charge in [0.15, 0.2) is 0 Å². The molecule has 0 saturated carbocycles. The van der Waals surface area contributed by atoms with Crippen LogP contribution in [0.25, 0.3) is 6.08 Å². The van der Waals surface area contributed by atoms with Crippen molar-refractivity contribution in [3.8, 4) is 0 Å². The number of hydrogen-bond donors (Lipinski definition) is 0. The molecule has 0 heterocycles. The molecule has 1 aromatic carbocycles. The van der Waals surface area contributed by atoms with Crippen LogP contribution in [0.1, 0.15) is 56.3 Å². The van der Waals surface area contributed by atoms with E-state index in [-0.39, 0.29) is 5.41 Å². The number of rotatable bonds is 2. The Hall–Kier alpha value is -0.677. The number of allylic oxidation sites excluding steroid dienone is 5. The van der Waals surface area contributed by atoms with Gasteiger partial charge in [0.05, 0.1) is 0 Å². The molecule has 108 valence electrons. The van der Waals surface area contributed by atoms with Gasteiger partial charge in [-0.25, -0.2) is 0 Å². The first-order chi connectivity index (χ1) is 9.84. The van der Waals surface area contributed by atoms with Crippen LogP contribution in [0.5, 0.6) is 0 Å². The van der Waals surface area contributed by atoms with Crippen LogP contribution in [0.2, 0.25) is 0 Å². The molecule has 3 rings (SSSR count). The van der Waals surface area contributed by atoms with Crippen molar-refractivity contribution >= 4 is 6.08 Å². The Bertz CT molecular complexity index is 698. The molecule has 2 aliphatic carbocycles. The van der Waals surface area contributed by atoms with Crippen molar-refractivity contribution in [1.82, 2.24) is 0 Å². The van der Waals surface area contributed by atoms with Crippen LogP contribution < -0.4 is 0 Å². The second-order valence-corrected chi connectivity index (χ2v) is 10.3. The fourth-order valence-electron chi connectivity index (χ4n) is 3.70. The zero-order valence-electron chi connectivity index (χ0n) is 14.0. The Morgan fingerprint density at radius 3 is 2.24 bits per heavy atom. The Morgan fingerprint density at radius 2 is 1.62 bits per heavy atom. The molecule has 1 unspecified atom stereocenters. The van der Waals surface area contributed by atoms with Crippen molar-refractivity contribution in [2.24, 2.45) is 5.41 Å². The molecule has 0 aliphatic heterocycles. The molecule has 1 atom stereocenters. The van der Waals surface area contributed by atoms with Gasteiger partial charge in [-0.05, 0) is 0 Å². The van der Waals surface area contributed by atoms with Gasteiger partial charge in [-0.3, -0.25) is 0 Å². The van der Waals surface area contributed by atoms with Crippen LogP contribution in [0.15, 0.2) is 49.8 Å². The molecule has 0 nitrogen and oxygen atoms in total. The maximum absolute atomic E-state index is 2.43. The van der Waals surface area contributed by atoms with Crippen LogP contribution in [-0.4, -0.2) is 0 Å². The number of fused-ring (bicyclic) bond motifs is 1. The molecular weight excluding hydrogens is 331 g/mol. The summed E-state index contributed by atoms with van der Waals surface area (Å²) in [5.74, 6) is 0. The molecule has 0 saturated heterocycles. The molecule has 0 N–H and O–H groups in total. The van der Waals surface area contributed by atoms with E-state index in [0.29, 0.717) is 0 Å². The summed E-state index contributed by atoms with van der Waals surface area (Å²) in [6, 6.07) is 8.98. The van der Waals surface area contributed by atoms with Crippen molar-refractivity contribution in [2.45, 2.75) is 45.2 Å². The summed E-state index contributed by atoms with van der Waals surface area (Å²) < 4.78 is 2.53. The standard InChI is InChI=1S/C10H9.C10H15.Zr/c1-8-6-9-4-2-3-5-10(9)7-8;1-7-6-10(4,5)9(3)8(7)2;/h2-7H,1H3;1-5H3;. The predicted molar refractivity (Wildman–Crippen MR) is 87.7 cm³/mol. The summed E-state index contributed by atoms with van der Waals surface area (Å²) >= 11 is -0.673. The Balaban J connectivity index is 1.98. The van der Waals surface area contributed by atoms with Crippen molar-refractivity contribution in [2.75, 3.05) is 0 Å². The SMILES string of the molecule is CC1=Cc2ccccc2[CH]1[Zr][C]1=C(C)C(C)=C(C)C1(C)C. The second-order valence-electron chi connectivity index (χ2n) is 6.97. The van der Waals surface area contributed by atoms with Crippen molar-refractivity contribution < 1.29 is 23.2 Å². The zero-order valence-corrected chi connectivity index (χ0v) is 16.4. The summed E-state index contributed by atoms with van der Waals surface area (Å²) in [4.78, 5) is 0. The molecule has 0 fully saturated rings. The van der Waals surface area contributed by atoms with Crippen LogP contribution in [0, 0.1) is 5.41 Å². The molecule has 0 amide bonds. The topological polar surface area (TPSA) is 0 Å². The predicted octanol–water partition coefficient (Wildman–Crippen LogP) is 5.88. The van der Waals surface area contributed by atoms with Crippen LogP contribution in [0.4, 0.5) is 0 Å². The summed E-state index contributed by atoms with van der Waals surface area (Å²) in [6.45, 7) is 14.2. The van der Waals surface area contributed by atoms with Crippen molar-refractivity contribution in [3.05, 3.63) is 61.0 Å². The molecular formula is C20H24Zr. The van der Waals surface area contributed by atoms with E-state index >= 15 is 0 Å². The van der Waals surface area contributed by atoms with Crippen LogP contribution in [-0.2, 0) is 23.2 Å². The van der Waals surface area contributed by atoms with Gasteiger partial charge in [0.2, 0.25) is 0 Å². The number of hydrogen-bond acceptors (Lipinski definition) is 0. The van der Waals surface area contributed by atoms with Gasteiger partial charge in [-0.1, -0.05) is 0 Å². The monoisotopic (exact) mass is 354 g/mol. The van der Waals surface area contributed by atoms with Crippen molar-refractivity contribution in [3.63, 3.8) is 0 Å². The average Bonchev–Trinajstić information content (AvgIpc) is 2.83. The quantitative estimate of drug-likeness (QED) is 0.621. The third-order valence-corrected chi connectivity index (χ3v) is 11.3. The number of benzene rings is 1. The molecule has 21 heavy (non-hydrogen) atoms. The Labute approximate surface area is 140 Å². The minimum absolute atomic E-state index is 0.290. The van der Waals surface area contributed by atoms with E-state index in [1.165, 1.54) is 5.56 Å². The minimum atomic E-state index is -0.673. The van der Waals surface area contributed by atoms with Gasteiger partial charge in [0, 0.05) is 0 Å². The van der Waals surface area contributed by atoms with Gasteiger partial charge >= 0.3 is 141 Å². The first kappa shape index (κ1) is 15.2. The van der Waals surface area contributed by atoms with Crippen LogP contribution in [0.3, 0.4) is 0 Å². The Morgan fingerprint density at radius 1 is 0.952 bits per heavy atom. The summed E-state index contributed by atoms with van der Waals surface area (Å²) in [6.07, 6.45) is 2.41. The molecule has 0 bridgehead atoms. The molecule has 2 aliphatic rings. The third kappa shape index (κ3) is 2.29. The summed E-state index contributed by atoms with van der Waals surface area (Å²) in [7, 11) is 0. The van der Waals surface area contributed by atoms with Gasteiger partial charge in [-0.15, -0.1) is 0 Å². The van der Waals surface area contributed by atoms with Crippen molar-refractivity contribution in [1.29, 1.82) is 0 Å². The van der Waals surface area contributed by atoms with Gasteiger partial charge < -0.3 is 0 Å². The average molecular weight is 356 g/mol. The van der Waals surface area contributed by atoms with Gasteiger partial charge in [0.25, 0.3) is 0 Å². The molecule has 0 radical (unpaired) electrons. The molecule has 1 heteroatoms. The maximum atomic E-state index is 2.43. The van der Waals surface area contributed by atoms with Gasteiger partial charge in [-0.2, -0.15) is 0 Å². The molecule has 0 spiro atoms. The van der Waals surface area contributed by atoms with E-state index < -0.39 is 23.2 Å². The van der Waals surface area contributed by atoms with E-state index in [9.17, 15) is 0 Å². The zero-order chi connectivity index (χ0) is 15.4. The summed E-state index contributed by atoms with van der Waals surface area (Å²) in [5, 5.41) is 0. The van der Waals surface area contributed by atoms with E-state index in [4.69, 9.17) is 0 Å². The van der Waals surface area contributed by atoms with E-state index in [2.05, 4.69) is 71.9 Å². The second kappa shape index (κ2) is 5.20. The van der Waals surface area contributed by atoms with Crippen LogP contribution >= 0.6 is 0 Å². The first-order valence-electron chi connectivity index (χ1n) is 7.77. The van der Waals surface area contributed by atoms with Gasteiger partial charge in [0.1, 0.15) is 0 Å². The normalized spacial score (nSPS) is 23.5. The van der Waals surface area contributed by atoms with E-state index in [1.54, 1.807) is 31.1 Å². The molecule has 0 aromatic heterocycles. The third-order valence-electron chi connectivity index (χ3n) is 5.50.